The summed E-state index contributed by atoms with van der Waals surface area (Å²) in [5, 5.41) is 17.3. The second kappa shape index (κ2) is 14.2. The van der Waals surface area contributed by atoms with Gasteiger partial charge in [0.25, 0.3) is 0 Å². The molecule has 9 nitrogen and oxygen atoms in total. The Bertz CT molecular complexity index is 1730. The molecule has 0 saturated carbocycles. The number of nitrogens with one attached hydrogen (secondary N) is 2. The molecule has 5 rings (SSSR count). The largest absolute Gasteiger partial charge is 0.487 e. The molecule has 3 aromatic carbocycles. The van der Waals surface area contributed by atoms with Crippen LogP contribution in [-0.2, 0) is 16.1 Å². The summed E-state index contributed by atoms with van der Waals surface area (Å²) < 4.78 is 17.7. The summed E-state index contributed by atoms with van der Waals surface area (Å²) in [7, 11) is 3.85. The molecule has 2 heterocycles. The number of anilines is 3. The van der Waals surface area contributed by atoms with Gasteiger partial charge in [-0.2, -0.15) is 5.26 Å². The van der Waals surface area contributed by atoms with E-state index in [0.717, 1.165) is 17.5 Å². The summed E-state index contributed by atoms with van der Waals surface area (Å²) >= 11 is 6.61. The molecule has 226 valence electrons. The van der Waals surface area contributed by atoms with Crippen molar-refractivity contribution in [2.24, 2.45) is 0 Å². The summed E-state index contributed by atoms with van der Waals surface area (Å²) in [6.07, 6.45) is 5.38. The second-order valence-corrected chi connectivity index (χ2v) is 11.2. The van der Waals surface area contributed by atoms with Crippen molar-refractivity contribution in [2.45, 2.75) is 26.1 Å². The first-order valence-corrected chi connectivity index (χ1v) is 14.7. The fourth-order valence-corrected chi connectivity index (χ4v) is 4.97. The molecule has 1 amide bonds. The van der Waals surface area contributed by atoms with E-state index in [1.807, 2.05) is 56.3 Å². The van der Waals surface area contributed by atoms with Crippen LogP contribution in [0.15, 0.2) is 72.9 Å². The fraction of sp³-hybridized carbons (Fsp3) is 0.265. The summed E-state index contributed by atoms with van der Waals surface area (Å²) in [4.78, 5) is 19.3. The van der Waals surface area contributed by atoms with E-state index in [0.29, 0.717) is 76.4 Å². The molecule has 10 heteroatoms. The highest BCUT2D eigenvalue weighted by molar-refractivity contribution is 6.32. The number of hydrogen-bond donors (Lipinski definition) is 2. The van der Waals surface area contributed by atoms with Gasteiger partial charge in [-0.15, -0.1) is 0 Å². The van der Waals surface area contributed by atoms with Crippen LogP contribution in [0.5, 0.6) is 11.5 Å². The Morgan fingerprint density at radius 3 is 2.77 bits per heavy atom. The minimum absolute atomic E-state index is 0.142. The lowest BCUT2D eigenvalue weighted by Crippen LogP contribution is -2.18. The first-order valence-electron chi connectivity index (χ1n) is 14.3. The highest BCUT2D eigenvalue weighted by Crippen LogP contribution is 2.38. The maximum Gasteiger partial charge on any atom is 0.248 e. The van der Waals surface area contributed by atoms with Crippen molar-refractivity contribution >= 4 is 45.5 Å². The van der Waals surface area contributed by atoms with Gasteiger partial charge in [-0.05, 0) is 56.4 Å². The highest BCUT2D eigenvalue weighted by atomic mass is 35.5. The highest BCUT2D eigenvalue weighted by Gasteiger charge is 2.21. The Morgan fingerprint density at radius 1 is 1.20 bits per heavy atom. The Morgan fingerprint density at radius 2 is 2.05 bits per heavy atom. The van der Waals surface area contributed by atoms with Crippen molar-refractivity contribution in [1.29, 1.82) is 5.26 Å². The molecule has 1 atom stereocenters. The van der Waals surface area contributed by atoms with Gasteiger partial charge in [0.2, 0.25) is 5.91 Å². The van der Waals surface area contributed by atoms with Crippen molar-refractivity contribution in [3.05, 3.63) is 94.7 Å². The number of aromatic nitrogens is 1. The predicted molar refractivity (Wildman–Crippen MR) is 173 cm³/mol. The topological polar surface area (TPSA) is 109 Å². The summed E-state index contributed by atoms with van der Waals surface area (Å²) in [6, 6.07) is 19.2. The number of nitrogens with zero attached hydrogens (tertiary/aromatic N) is 3. The summed E-state index contributed by atoms with van der Waals surface area (Å²) in [6.45, 7) is 4.13. The van der Waals surface area contributed by atoms with Gasteiger partial charge in [-0.25, -0.2) is 0 Å². The molecule has 0 aliphatic carbocycles. The smallest absolute Gasteiger partial charge is 0.248 e. The van der Waals surface area contributed by atoms with Crippen LogP contribution < -0.4 is 20.1 Å². The van der Waals surface area contributed by atoms with Gasteiger partial charge in [0, 0.05) is 42.4 Å². The van der Waals surface area contributed by atoms with Crippen LogP contribution in [0.1, 0.15) is 23.1 Å². The fourth-order valence-electron chi connectivity index (χ4n) is 4.73. The molecule has 2 N–H and O–H groups in total. The lowest BCUT2D eigenvalue weighted by atomic mass is 10.1. The molecule has 1 aromatic heterocycles. The molecular weight excluding hydrogens is 578 g/mol. The Hall–Kier alpha value is -4.62. The predicted octanol–water partition coefficient (Wildman–Crippen LogP) is 6.61. The van der Waals surface area contributed by atoms with Gasteiger partial charge in [0.1, 0.15) is 30.3 Å². The zero-order valence-electron chi connectivity index (χ0n) is 24.9. The Balaban J connectivity index is 1.45. The zero-order chi connectivity index (χ0) is 31.1. The SMILES string of the molecule is Cc1ccccc1COc1ccc(Nc2c(C#N)cnc3cc(O[C@H]4CCOC4)c(NC(=O)C=CCN(C)C)cc23)cc1Cl. The number of amides is 1. The molecule has 4 aromatic rings. The van der Waals surface area contributed by atoms with Gasteiger partial charge in [-0.3, -0.25) is 9.78 Å². The molecular formula is C34H34ClN5O4. The normalized spacial score (nSPS) is 14.6. The molecule has 0 radical (unpaired) electrons. The van der Waals surface area contributed by atoms with E-state index in [1.165, 1.54) is 12.3 Å². The van der Waals surface area contributed by atoms with Crippen LogP contribution in [0.4, 0.5) is 17.1 Å². The van der Waals surface area contributed by atoms with E-state index in [1.54, 1.807) is 30.3 Å². The van der Waals surface area contributed by atoms with Crippen LogP contribution >= 0.6 is 11.6 Å². The first kappa shape index (κ1) is 30.8. The van der Waals surface area contributed by atoms with Gasteiger partial charge < -0.3 is 29.7 Å². The number of pyridine rings is 1. The Kier molecular flexibility index (Phi) is 9.97. The number of hydrogen-bond acceptors (Lipinski definition) is 8. The van der Waals surface area contributed by atoms with Crippen LogP contribution in [0.3, 0.4) is 0 Å². The minimum Gasteiger partial charge on any atom is -0.487 e. The monoisotopic (exact) mass is 611 g/mol. The Labute approximate surface area is 262 Å². The number of halogens is 1. The summed E-state index contributed by atoms with van der Waals surface area (Å²) in [5.41, 5.74) is 4.77. The second-order valence-electron chi connectivity index (χ2n) is 10.8. The van der Waals surface area contributed by atoms with E-state index >= 15 is 0 Å². The number of ether oxygens (including phenoxy) is 3. The van der Waals surface area contributed by atoms with Crippen molar-refractivity contribution in [1.82, 2.24) is 9.88 Å². The van der Waals surface area contributed by atoms with Crippen LogP contribution in [-0.4, -0.2) is 55.7 Å². The lowest BCUT2D eigenvalue weighted by Gasteiger charge is -2.19. The zero-order valence-corrected chi connectivity index (χ0v) is 25.6. The van der Waals surface area contributed by atoms with Crippen molar-refractivity contribution in [3.63, 3.8) is 0 Å². The average Bonchev–Trinajstić information content (AvgIpc) is 3.51. The van der Waals surface area contributed by atoms with Crippen LogP contribution in [0.2, 0.25) is 5.02 Å². The van der Waals surface area contributed by atoms with Crippen LogP contribution in [0.25, 0.3) is 10.9 Å². The lowest BCUT2D eigenvalue weighted by molar-refractivity contribution is -0.111. The average molecular weight is 612 g/mol. The number of carbonyl (C=O) groups is 1. The van der Waals surface area contributed by atoms with E-state index < -0.39 is 0 Å². The first-order chi connectivity index (χ1) is 21.3. The number of rotatable bonds is 11. The van der Waals surface area contributed by atoms with Crippen LogP contribution in [0, 0.1) is 18.3 Å². The molecule has 1 fully saturated rings. The van der Waals surface area contributed by atoms with Gasteiger partial charge in [-0.1, -0.05) is 41.9 Å². The number of carbonyl (C=O) groups excluding carboxylic acids is 1. The summed E-state index contributed by atoms with van der Waals surface area (Å²) in [5.74, 6) is 0.722. The van der Waals surface area contributed by atoms with Gasteiger partial charge in [0.05, 0.1) is 40.7 Å². The minimum atomic E-state index is -0.300. The number of fused-ring (bicyclic) bond motifs is 1. The van der Waals surface area contributed by atoms with E-state index in [9.17, 15) is 10.1 Å². The quantitative estimate of drug-likeness (QED) is 0.182. The standard InChI is InChI=1S/C34H34ClN5O4/c1-22-7-4-5-8-23(22)20-43-31-11-10-25(15-28(31)35)38-34-24(18-36)19-37-29-17-32(44-26-12-14-42-21-26)30(16-27(29)34)39-33(41)9-6-13-40(2)3/h4-11,15-17,19,26H,12-14,20-21H2,1-3H3,(H,37,38)(H,39,41)/t26-/m0/s1. The van der Waals surface area contributed by atoms with Gasteiger partial charge in [0.15, 0.2) is 0 Å². The number of benzene rings is 3. The van der Waals surface area contributed by atoms with Crippen molar-refractivity contribution in [2.75, 3.05) is 44.5 Å². The third-order valence-corrected chi connectivity index (χ3v) is 7.41. The maximum absolute atomic E-state index is 12.8. The molecule has 1 aliphatic heterocycles. The molecule has 0 spiro atoms. The third-order valence-electron chi connectivity index (χ3n) is 7.11. The van der Waals surface area contributed by atoms with E-state index in [-0.39, 0.29) is 12.0 Å². The molecule has 0 bridgehead atoms. The number of aryl methyl sites for hydroxylation is 1. The third kappa shape index (κ3) is 7.66. The van der Waals surface area contributed by atoms with E-state index in [4.69, 9.17) is 25.8 Å². The van der Waals surface area contributed by atoms with Gasteiger partial charge >= 0.3 is 0 Å². The maximum atomic E-state index is 12.8. The molecule has 44 heavy (non-hydrogen) atoms. The van der Waals surface area contributed by atoms with Crippen molar-refractivity contribution < 1.29 is 19.0 Å². The molecule has 1 saturated heterocycles. The molecule has 1 aliphatic rings. The molecule has 0 unspecified atom stereocenters. The van der Waals surface area contributed by atoms with Crippen molar-refractivity contribution in [3.8, 4) is 17.6 Å². The number of likely N-dealkylation sites (N-methyl/N-ethyl adjacent to an activating group) is 1. The number of nitriles is 1. The van der Waals surface area contributed by atoms with E-state index in [2.05, 4.69) is 21.7 Å².